The first-order valence-electron chi connectivity index (χ1n) is 6.12. The van der Waals surface area contributed by atoms with Crippen LogP contribution in [0.4, 0.5) is 0 Å². The molecule has 0 spiro atoms. The van der Waals surface area contributed by atoms with Crippen molar-refractivity contribution < 1.29 is 14.3 Å². The Balaban J connectivity index is 2.15. The third-order valence-electron chi connectivity index (χ3n) is 2.74. The Hall–Kier alpha value is -2.13. The number of hydrogen-bond donors (Lipinski definition) is 0. The monoisotopic (exact) mass is 288 g/mol. The van der Waals surface area contributed by atoms with Crippen LogP contribution >= 0.6 is 11.6 Å². The van der Waals surface area contributed by atoms with Crippen molar-refractivity contribution in [3.05, 3.63) is 64.7 Å². The Bertz CT molecular complexity index is 603. The Morgan fingerprint density at radius 1 is 1.05 bits per heavy atom. The Morgan fingerprint density at radius 3 is 2.05 bits per heavy atom. The lowest BCUT2D eigenvalue weighted by molar-refractivity contribution is -0.113. The number of halogens is 1. The minimum atomic E-state index is -0.507. The van der Waals surface area contributed by atoms with Gasteiger partial charge in [0.05, 0.1) is 0 Å². The van der Waals surface area contributed by atoms with Crippen molar-refractivity contribution in [3.63, 3.8) is 0 Å². The van der Waals surface area contributed by atoms with Gasteiger partial charge in [0.15, 0.2) is 18.2 Å². The van der Waals surface area contributed by atoms with Gasteiger partial charge in [-0.3, -0.25) is 9.59 Å². The van der Waals surface area contributed by atoms with Gasteiger partial charge in [-0.1, -0.05) is 11.6 Å². The van der Waals surface area contributed by atoms with Gasteiger partial charge in [0.1, 0.15) is 5.75 Å². The van der Waals surface area contributed by atoms with Gasteiger partial charge in [0, 0.05) is 16.1 Å². The quantitative estimate of drug-likeness (QED) is 0.624. The molecule has 4 heteroatoms. The highest BCUT2D eigenvalue weighted by Crippen LogP contribution is 2.17. The average molecular weight is 289 g/mol. The Morgan fingerprint density at radius 2 is 1.55 bits per heavy atom. The van der Waals surface area contributed by atoms with Crippen LogP contribution in [0.5, 0.6) is 5.75 Å². The summed E-state index contributed by atoms with van der Waals surface area (Å²) in [7, 11) is 0. The summed E-state index contributed by atoms with van der Waals surface area (Å²) >= 11 is 5.79. The van der Waals surface area contributed by atoms with Crippen LogP contribution in [-0.2, 0) is 4.79 Å². The predicted octanol–water partition coefficient (Wildman–Crippen LogP) is 3.54. The molecule has 0 heterocycles. The summed E-state index contributed by atoms with van der Waals surface area (Å²) in [5.41, 5.74) is 1.13. The van der Waals surface area contributed by atoms with E-state index in [1.807, 2.05) is 0 Å². The van der Waals surface area contributed by atoms with Crippen LogP contribution in [0, 0.1) is 0 Å². The van der Waals surface area contributed by atoms with Crippen molar-refractivity contribution in [1.29, 1.82) is 0 Å². The maximum atomic E-state index is 12.2. The van der Waals surface area contributed by atoms with E-state index in [0.717, 1.165) is 0 Å². The molecule has 2 aromatic carbocycles. The van der Waals surface area contributed by atoms with Crippen molar-refractivity contribution in [2.75, 3.05) is 0 Å². The SMILES string of the molecule is CC(C=O)Oc1ccc(C(=O)c2ccc(Cl)cc2)cc1. The van der Waals surface area contributed by atoms with E-state index in [1.54, 1.807) is 55.5 Å². The molecular formula is C16H13ClO3. The van der Waals surface area contributed by atoms with Crippen LogP contribution < -0.4 is 4.74 Å². The minimum Gasteiger partial charge on any atom is -0.483 e. The highest BCUT2D eigenvalue weighted by molar-refractivity contribution is 6.30. The number of benzene rings is 2. The van der Waals surface area contributed by atoms with Gasteiger partial charge in [0.2, 0.25) is 0 Å². The van der Waals surface area contributed by atoms with E-state index < -0.39 is 6.10 Å². The second-order valence-corrected chi connectivity index (χ2v) is 4.76. The van der Waals surface area contributed by atoms with Crippen molar-refractivity contribution in [1.82, 2.24) is 0 Å². The van der Waals surface area contributed by atoms with Gasteiger partial charge in [-0.15, -0.1) is 0 Å². The van der Waals surface area contributed by atoms with Gasteiger partial charge >= 0.3 is 0 Å². The average Bonchev–Trinajstić information content (AvgIpc) is 2.48. The van der Waals surface area contributed by atoms with Crippen molar-refractivity contribution in [3.8, 4) is 5.75 Å². The smallest absolute Gasteiger partial charge is 0.193 e. The fourth-order valence-electron chi connectivity index (χ4n) is 1.70. The summed E-state index contributed by atoms with van der Waals surface area (Å²) in [4.78, 5) is 22.7. The highest BCUT2D eigenvalue weighted by Gasteiger charge is 2.09. The summed E-state index contributed by atoms with van der Waals surface area (Å²) in [6.07, 6.45) is 0.208. The number of hydrogen-bond acceptors (Lipinski definition) is 3. The highest BCUT2D eigenvalue weighted by atomic mass is 35.5. The fraction of sp³-hybridized carbons (Fsp3) is 0.125. The summed E-state index contributed by atoms with van der Waals surface area (Å²) in [5, 5.41) is 0.591. The number of rotatable bonds is 5. The maximum Gasteiger partial charge on any atom is 0.193 e. The van der Waals surface area contributed by atoms with E-state index in [0.29, 0.717) is 28.2 Å². The fourth-order valence-corrected chi connectivity index (χ4v) is 1.82. The lowest BCUT2D eigenvalue weighted by Gasteiger charge is -2.09. The second-order valence-electron chi connectivity index (χ2n) is 4.32. The van der Waals surface area contributed by atoms with Gasteiger partial charge in [-0.05, 0) is 55.5 Å². The van der Waals surface area contributed by atoms with Gasteiger partial charge in [0.25, 0.3) is 0 Å². The molecule has 0 fully saturated rings. The Labute approximate surface area is 122 Å². The molecule has 2 aromatic rings. The zero-order valence-corrected chi connectivity index (χ0v) is 11.6. The number of carbonyl (C=O) groups excluding carboxylic acids is 2. The molecule has 1 atom stereocenters. The summed E-state index contributed by atoms with van der Waals surface area (Å²) < 4.78 is 5.32. The molecule has 0 aliphatic rings. The molecule has 3 nitrogen and oxygen atoms in total. The molecule has 102 valence electrons. The van der Waals surface area contributed by atoms with E-state index >= 15 is 0 Å². The topological polar surface area (TPSA) is 43.4 Å². The molecule has 0 saturated carbocycles. The van der Waals surface area contributed by atoms with Crippen LogP contribution in [0.25, 0.3) is 0 Å². The van der Waals surface area contributed by atoms with E-state index in [4.69, 9.17) is 16.3 Å². The van der Waals surface area contributed by atoms with Crippen LogP contribution in [0.3, 0.4) is 0 Å². The molecule has 0 saturated heterocycles. The maximum absolute atomic E-state index is 12.2. The molecule has 0 bridgehead atoms. The third kappa shape index (κ3) is 3.45. The number of carbonyl (C=O) groups is 2. The van der Waals surface area contributed by atoms with Crippen molar-refractivity contribution in [2.45, 2.75) is 13.0 Å². The van der Waals surface area contributed by atoms with E-state index in [1.165, 1.54) is 0 Å². The normalized spacial score (nSPS) is 11.7. The summed E-state index contributed by atoms with van der Waals surface area (Å²) in [6.45, 7) is 1.65. The molecule has 0 radical (unpaired) electrons. The summed E-state index contributed by atoms with van der Waals surface area (Å²) in [5.74, 6) is 0.467. The molecule has 0 aliphatic carbocycles. The lowest BCUT2D eigenvalue weighted by atomic mass is 10.0. The first-order chi connectivity index (χ1) is 9.60. The van der Waals surface area contributed by atoms with Crippen LogP contribution in [0.15, 0.2) is 48.5 Å². The second kappa shape index (κ2) is 6.35. The van der Waals surface area contributed by atoms with E-state index in [9.17, 15) is 9.59 Å². The van der Waals surface area contributed by atoms with E-state index in [2.05, 4.69) is 0 Å². The zero-order valence-electron chi connectivity index (χ0n) is 10.9. The summed E-state index contributed by atoms with van der Waals surface area (Å²) in [6, 6.07) is 13.4. The van der Waals surface area contributed by atoms with Crippen molar-refractivity contribution >= 4 is 23.7 Å². The Kier molecular flexibility index (Phi) is 4.53. The van der Waals surface area contributed by atoms with Crippen molar-refractivity contribution in [2.24, 2.45) is 0 Å². The molecule has 0 aliphatic heterocycles. The molecule has 0 amide bonds. The molecule has 0 N–H and O–H groups in total. The van der Waals surface area contributed by atoms with Crippen LogP contribution in [0.2, 0.25) is 5.02 Å². The molecule has 2 rings (SSSR count). The van der Waals surface area contributed by atoms with Crippen LogP contribution in [0.1, 0.15) is 22.8 Å². The zero-order chi connectivity index (χ0) is 14.5. The largest absolute Gasteiger partial charge is 0.483 e. The number of ether oxygens (including phenoxy) is 1. The number of ketones is 1. The minimum absolute atomic E-state index is 0.0864. The van der Waals surface area contributed by atoms with Gasteiger partial charge in [-0.25, -0.2) is 0 Å². The lowest BCUT2D eigenvalue weighted by Crippen LogP contribution is -2.12. The standard InChI is InChI=1S/C16H13ClO3/c1-11(10-18)20-15-8-4-13(5-9-15)16(19)12-2-6-14(17)7-3-12/h2-11H,1H3. The first-order valence-corrected chi connectivity index (χ1v) is 6.50. The first kappa shape index (κ1) is 14.3. The molecule has 20 heavy (non-hydrogen) atoms. The molecule has 1 unspecified atom stereocenters. The van der Waals surface area contributed by atoms with Gasteiger partial charge in [-0.2, -0.15) is 0 Å². The predicted molar refractivity (Wildman–Crippen MR) is 77.5 cm³/mol. The number of aldehydes is 1. The van der Waals surface area contributed by atoms with Crippen LogP contribution in [-0.4, -0.2) is 18.2 Å². The molecule has 0 aromatic heterocycles. The molecular weight excluding hydrogens is 276 g/mol. The van der Waals surface area contributed by atoms with Gasteiger partial charge < -0.3 is 4.74 Å². The third-order valence-corrected chi connectivity index (χ3v) is 2.99. The van der Waals surface area contributed by atoms with E-state index in [-0.39, 0.29) is 5.78 Å².